The van der Waals surface area contributed by atoms with Gasteiger partial charge in [-0.2, -0.15) is 0 Å². The van der Waals surface area contributed by atoms with E-state index >= 15 is 0 Å². The highest BCUT2D eigenvalue weighted by Gasteiger charge is 2.10. The van der Waals surface area contributed by atoms with Gasteiger partial charge in [0.25, 0.3) is 5.69 Å². The first-order valence-corrected chi connectivity index (χ1v) is 7.00. The summed E-state index contributed by atoms with van der Waals surface area (Å²) in [5, 5.41) is 11.5. The third kappa shape index (κ3) is 3.49. The van der Waals surface area contributed by atoms with Crippen LogP contribution in [-0.2, 0) is 6.42 Å². The SMILES string of the molecule is CCc1cc([N+](=O)[O-])ccc1Sc1ccc(Cl)cc1. The van der Waals surface area contributed by atoms with Crippen molar-refractivity contribution in [3.8, 4) is 0 Å². The van der Waals surface area contributed by atoms with Crippen LogP contribution in [-0.4, -0.2) is 4.92 Å². The van der Waals surface area contributed by atoms with E-state index in [2.05, 4.69) is 0 Å². The van der Waals surface area contributed by atoms with Crippen LogP contribution in [0, 0.1) is 10.1 Å². The molecule has 0 unspecified atom stereocenters. The van der Waals surface area contributed by atoms with E-state index in [0.717, 1.165) is 21.8 Å². The van der Waals surface area contributed by atoms with Crippen molar-refractivity contribution in [2.75, 3.05) is 0 Å². The Morgan fingerprint density at radius 1 is 1.21 bits per heavy atom. The summed E-state index contributed by atoms with van der Waals surface area (Å²) in [5.41, 5.74) is 1.12. The van der Waals surface area contributed by atoms with Crippen LogP contribution in [0.25, 0.3) is 0 Å². The Bertz CT molecular complexity index is 599. The number of nitrogens with zero attached hydrogens (tertiary/aromatic N) is 1. The number of benzene rings is 2. The molecule has 19 heavy (non-hydrogen) atoms. The van der Waals surface area contributed by atoms with Crippen molar-refractivity contribution in [3.05, 3.63) is 63.2 Å². The maximum absolute atomic E-state index is 10.8. The van der Waals surface area contributed by atoms with Gasteiger partial charge in [0.2, 0.25) is 0 Å². The highest BCUT2D eigenvalue weighted by molar-refractivity contribution is 7.99. The van der Waals surface area contributed by atoms with E-state index in [9.17, 15) is 10.1 Å². The third-order valence-electron chi connectivity index (χ3n) is 2.68. The molecule has 0 aliphatic heterocycles. The predicted octanol–water partition coefficient (Wildman–Crippen LogP) is 4.96. The zero-order valence-corrected chi connectivity index (χ0v) is 11.9. The molecule has 0 amide bonds. The van der Waals surface area contributed by atoms with Crippen molar-refractivity contribution in [1.82, 2.24) is 0 Å². The van der Waals surface area contributed by atoms with Gasteiger partial charge in [-0.05, 0) is 42.3 Å². The van der Waals surface area contributed by atoms with Crippen LogP contribution in [0.1, 0.15) is 12.5 Å². The van der Waals surface area contributed by atoms with Crippen molar-refractivity contribution < 1.29 is 4.92 Å². The maximum Gasteiger partial charge on any atom is 0.269 e. The van der Waals surface area contributed by atoms with Gasteiger partial charge in [-0.25, -0.2) is 0 Å². The van der Waals surface area contributed by atoms with Crippen LogP contribution in [0.2, 0.25) is 5.02 Å². The van der Waals surface area contributed by atoms with Gasteiger partial charge in [0.05, 0.1) is 4.92 Å². The molecule has 0 saturated carbocycles. The second-order valence-corrected chi connectivity index (χ2v) is 5.51. The number of hydrogen-bond acceptors (Lipinski definition) is 3. The molecule has 0 spiro atoms. The fourth-order valence-corrected chi connectivity index (χ4v) is 2.81. The van der Waals surface area contributed by atoms with Crippen molar-refractivity contribution in [3.63, 3.8) is 0 Å². The first-order valence-electron chi connectivity index (χ1n) is 5.81. The number of rotatable bonds is 4. The van der Waals surface area contributed by atoms with Crippen molar-refractivity contribution in [1.29, 1.82) is 0 Å². The molecule has 0 atom stereocenters. The van der Waals surface area contributed by atoms with E-state index in [1.165, 1.54) is 6.07 Å². The van der Waals surface area contributed by atoms with Crippen molar-refractivity contribution in [2.45, 2.75) is 23.1 Å². The molecular weight excluding hydrogens is 282 g/mol. The molecule has 0 bridgehead atoms. The van der Waals surface area contributed by atoms with Crippen LogP contribution < -0.4 is 0 Å². The fourth-order valence-electron chi connectivity index (χ4n) is 1.68. The Balaban J connectivity index is 2.29. The van der Waals surface area contributed by atoms with E-state index in [1.807, 2.05) is 31.2 Å². The number of aryl methyl sites for hydroxylation is 1. The summed E-state index contributed by atoms with van der Waals surface area (Å²) in [6.07, 6.45) is 0.762. The average Bonchev–Trinajstić information content (AvgIpc) is 2.41. The Morgan fingerprint density at radius 2 is 1.89 bits per heavy atom. The molecule has 0 fully saturated rings. The van der Waals surface area contributed by atoms with E-state index < -0.39 is 0 Å². The Labute approximate surface area is 120 Å². The highest BCUT2D eigenvalue weighted by Crippen LogP contribution is 2.33. The molecule has 0 aliphatic rings. The molecule has 3 nitrogen and oxygen atoms in total. The van der Waals surface area contributed by atoms with Gasteiger partial charge in [0, 0.05) is 26.9 Å². The van der Waals surface area contributed by atoms with Crippen LogP contribution in [0.4, 0.5) is 5.69 Å². The molecular formula is C14H12ClNO2S. The summed E-state index contributed by atoms with van der Waals surface area (Å²) >= 11 is 7.43. The largest absolute Gasteiger partial charge is 0.269 e. The molecule has 2 rings (SSSR count). The standard InChI is InChI=1S/C14H12ClNO2S/c1-2-10-9-12(16(17)18)5-8-14(10)19-13-6-3-11(15)4-7-13/h3-9H,2H2,1H3. The van der Waals surface area contributed by atoms with Gasteiger partial charge >= 0.3 is 0 Å². The minimum atomic E-state index is -0.365. The summed E-state index contributed by atoms with van der Waals surface area (Å²) in [7, 11) is 0. The predicted molar refractivity (Wildman–Crippen MR) is 78.0 cm³/mol. The first kappa shape index (κ1) is 13.9. The molecule has 5 heteroatoms. The molecule has 0 saturated heterocycles. The minimum Gasteiger partial charge on any atom is -0.258 e. The van der Waals surface area contributed by atoms with Crippen LogP contribution in [0.15, 0.2) is 52.3 Å². The topological polar surface area (TPSA) is 43.1 Å². The third-order valence-corrected chi connectivity index (χ3v) is 4.06. The lowest BCUT2D eigenvalue weighted by Crippen LogP contribution is -1.92. The summed E-state index contributed by atoms with van der Waals surface area (Å²) in [4.78, 5) is 12.5. The highest BCUT2D eigenvalue weighted by atomic mass is 35.5. The molecule has 0 N–H and O–H groups in total. The van der Waals surface area contributed by atoms with Gasteiger partial charge in [0.1, 0.15) is 0 Å². The summed E-state index contributed by atoms with van der Waals surface area (Å²) < 4.78 is 0. The van der Waals surface area contributed by atoms with Gasteiger partial charge < -0.3 is 0 Å². The van der Waals surface area contributed by atoms with Crippen molar-refractivity contribution in [2.24, 2.45) is 0 Å². The first-order chi connectivity index (χ1) is 9.10. The Kier molecular flexibility index (Phi) is 4.45. The Morgan fingerprint density at radius 3 is 2.47 bits per heavy atom. The zero-order valence-electron chi connectivity index (χ0n) is 10.3. The molecule has 0 aromatic heterocycles. The van der Waals surface area contributed by atoms with E-state index in [-0.39, 0.29) is 10.6 Å². The summed E-state index contributed by atoms with van der Waals surface area (Å²) in [6.45, 7) is 1.99. The lowest BCUT2D eigenvalue weighted by molar-refractivity contribution is -0.385. The molecule has 0 aliphatic carbocycles. The van der Waals surface area contributed by atoms with Gasteiger partial charge in [0.15, 0.2) is 0 Å². The minimum absolute atomic E-state index is 0.136. The summed E-state index contributed by atoms with van der Waals surface area (Å²) in [5.74, 6) is 0. The quantitative estimate of drug-likeness (QED) is 0.591. The summed E-state index contributed by atoms with van der Waals surface area (Å²) in [6, 6.07) is 12.5. The smallest absolute Gasteiger partial charge is 0.258 e. The van der Waals surface area contributed by atoms with E-state index in [4.69, 9.17) is 11.6 Å². The number of non-ortho nitro benzene ring substituents is 1. The number of nitro groups is 1. The fraction of sp³-hybridized carbons (Fsp3) is 0.143. The van der Waals surface area contributed by atoms with Gasteiger partial charge in [-0.1, -0.05) is 30.3 Å². The number of hydrogen-bond donors (Lipinski definition) is 0. The second kappa shape index (κ2) is 6.08. The van der Waals surface area contributed by atoms with Crippen LogP contribution in [0.5, 0.6) is 0 Å². The molecule has 98 valence electrons. The second-order valence-electron chi connectivity index (χ2n) is 3.96. The van der Waals surface area contributed by atoms with Crippen LogP contribution >= 0.6 is 23.4 Å². The van der Waals surface area contributed by atoms with Crippen LogP contribution in [0.3, 0.4) is 0 Å². The monoisotopic (exact) mass is 293 g/mol. The lowest BCUT2D eigenvalue weighted by atomic mass is 10.1. The molecule has 0 heterocycles. The molecule has 2 aromatic carbocycles. The van der Waals surface area contributed by atoms with Gasteiger partial charge in [-0.15, -0.1) is 0 Å². The maximum atomic E-state index is 10.8. The number of halogens is 1. The normalized spacial score (nSPS) is 10.4. The lowest BCUT2D eigenvalue weighted by Gasteiger charge is -2.07. The molecule has 2 aromatic rings. The molecule has 0 radical (unpaired) electrons. The Hall–Kier alpha value is -1.52. The van der Waals surface area contributed by atoms with E-state index in [1.54, 1.807) is 23.9 Å². The van der Waals surface area contributed by atoms with Gasteiger partial charge in [-0.3, -0.25) is 10.1 Å². The van der Waals surface area contributed by atoms with Crippen molar-refractivity contribution >= 4 is 29.1 Å². The zero-order chi connectivity index (χ0) is 13.8. The van der Waals surface area contributed by atoms with E-state index in [0.29, 0.717) is 5.02 Å². The average molecular weight is 294 g/mol. The number of nitro benzene ring substituents is 1.